The maximum Gasteiger partial charge on any atom is 0.259 e. The summed E-state index contributed by atoms with van der Waals surface area (Å²) in [5.41, 5.74) is 1.17. The number of sulfonamides is 1. The zero-order valence-corrected chi connectivity index (χ0v) is 14.1. The number of nitrogens with zero attached hydrogens (tertiary/aromatic N) is 1. The molecule has 2 aliphatic heterocycles. The standard InChI is InChI=1S/C15H11BrN2O4S/c16-10-5-4-9-13-8(10)2-1-3-11(13)18(15(9)20)12-6-7-23(21,22)17-14(12)19/h1-5,12H,6-7H2,(H,17,19). The Morgan fingerprint density at radius 2 is 1.96 bits per heavy atom. The minimum atomic E-state index is -3.58. The van der Waals surface area contributed by atoms with Gasteiger partial charge in [0.2, 0.25) is 10.0 Å². The summed E-state index contributed by atoms with van der Waals surface area (Å²) in [6.45, 7) is 0. The van der Waals surface area contributed by atoms with E-state index in [2.05, 4.69) is 15.9 Å². The van der Waals surface area contributed by atoms with Crippen LogP contribution < -0.4 is 9.62 Å². The van der Waals surface area contributed by atoms with Crippen LogP contribution in [0.4, 0.5) is 5.69 Å². The summed E-state index contributed by atoms with van der Waals surface area (Å²) >= 11 is 3.47. The number of carbonyl (C=O) groups is 2. The number of rotatable bonds is 1. The first-order valence-electron chi connectivity index (χ1n) is 6.98. The maximum absolute atomic E-state index is 12.8. The molecule has 1 saturated heterocycles. The van der Waals surface area contributed by atoms with Crippen molar-refractivity contribution in [1.82, 2.24) is 4.72 Å². The average molecular weight is 395 g/mol. The van der Waals surface area contributed by atoms with Crippen LogP contribution in [0, 0.1) is 0 Å². The largest absolute Gasteiger partial charge is 0.295 e. The summed E-state index contributed by atoms with van der Waals surface area (Å²) < 4.78 is 25.9. The molecular formula is C15H11BrN2O4S. The van der Waals surface area contributed by atoms with Crippen LogP contribution in [-0.2, 0) is 14.8 Å². The molecule has 2 aliphatic rings. The average Bonchev–Trinajstić information content (AvgIpc) is 2.76. The van der Waals surface area contributed by atoms with Crippen LogP contribution in [0.3, 0.4) is 0 Å². The second-order valence-electron chi connectivity index (χ2n) is 5.56. The summed E-state index contributed by atoms with van der Waals surface area (Å²) in [4.78, 5) is 26.4. The molecule has 1 atom stereocenters. The second-order valence-corrected chi connectivity index (χ2v) is 8.26. The number of amides is 2. The van der Waals surface area contributed by atoms with E-state index in [0.29, 0.717) is 11.3 Å². The smallest absolute Gasteiger partial charge is 0.259 e. The van der Waals surface area contributed by atoms with Crippen LogP contribution in [0.5, 0.6) is 0 Å². The van der Waals surface area contributed by atoms with E-state index in [1.807, 2.05) is 16.9 Å². The highest BCUT2D eigenvalue weighted by molar-refractivity contribution is 9.10. The molecule has 118 valence electrons. The lowest BCUT2D eigenvalue weighted by atomic mass is 10.1. The molecule has 6 nitrogen and oxygen atoms in total. The SMILES string of the molecule is O=C1NS(=O)(=O)CCC1N1C(=O)c2ccc(Br)c3cccc1c23. The Labute approximate surface area is 140 Å². The molecule has 0 aromatic heterocycles. The molecule has 0 spiro atoms. The van der Waals surface area contributed by atoms with Gasteiger partial charge in [0.1, 0.15) is 6.04 Å². The molecule has 8 heteroatoms. The Morgan fingerprint density at radius 3 is 2.70 bits per heavy atom. The Kier molecular flexibility index (Phi) is 3.05. The van der Waals surface area contributed by atoms with Gasteiger partial charge in [-0.15, -0.1) is 0 Å². The van der Waals surface area contributed by atoms with Gasteiger partial charge in [-0.25, -0.2) is 8.42 Å². The van der Waals surface area contributed by atoms with Crippen molar-refractivity contribution in [3.63, 3.8) is 0 Å². The van der Waals surface area contributed by atoms with Gasteiger partial charge < -0.3 is 0 Å². The van der Waals surface area contributed by atoms with Crippen molar-refractivity contribution in [3.8, 4) is 0 Å². The van der Waals surface area contributed by atoms with E-state index in [4.69, 9.17) is 0 Å². The van der Waals surface area contributed by atoms with Crippen molar-refractivity contribution in [2.45, 2.75) is 12.5 Å². The summed E-state index contributed by atoms with van der Waals surface area (Å²) in [7, 11) is -3.58. The van der Waals surface area contributed by atoms with Crippen molar-refractivity contribution in [1.29, 1.82) is 0 Å². The Bertz CT molecular complexity index is 986. The number of benzene rings is 2. The lowest BCUT2D eigenvalue weighted by Gasteiger charge is -2.30. The molecule has 4 rings (SSSR count). The first kappa shape index (κ1) is 14.6. The van der Waals surface area contributed by atoms with E-state index in [1.165, 1.54) is 4.90 Å². The number of halogens is 1. The topological polar surface area (TPSA) is 83.6 Å². The molecule has 1 unspecified atom stereocenters. The molecule has 0 aliphatic carbocycles. The van der Waals surface area contributed by atoms with Gasteiger partial charge in [0.15, 0.2) is 0 Å². The number of anilines is 1. The molecule has 0 bridgehead atoms. The minimum Gasteiger partial charge on any atom is -0.295 e. The summed E-state index contributed by atoms with van der Waals surface area (Å²) in [6, 6.07) is 8.19. The third kappa shape index (κ3) is 2.08. The van der Waals surface area contributed by atoms with Gasteiger partial charge in [-0.2, -0.15) is 0 Å². The van der Waals surface area contributed by atoms with Gasteiger partial charge in [0.05, 0.1) is 11.4 Å². The second kappa shape index (κ2) is 4.78. The quantitative estimate of drug-likeness (QED) is 0.798. The number of nitrogens with one attached hydrogen (secondary N) is 1. The van der Waals surface area contributed by atoms with E-state index in [9.17, 15) is 18.0 Å². The van der Waals surface area contributed by atoms with Crippen molar-refractivity contribution in [2.24, 2.45) is 0 Å². The zero-order chi connectivity index (χ0) is 16.4. The fourth-order valence-electron chi connectivity index (χ4n) is 3.20. The van der Waals surface area contributed by atoms with Crippen molar-refractivity contribution in [3.05, 3.63) is 40.4 Å². The molecule has 2 amide bonds. The molecule has 2 aromatic carbocycles. The van der Waals surface area contributed by atoms with E-state index < -0.39 is 22.0 Å². The molecule has 1 fully saturated rings. The van der Waals surface area contributed by atoms with Crippen LogP contribution >= 0.6 is 15.9 Å². The van der Waals surface area contributed by atoms with E-state index in [0.717, 1.165) is 15.2 Å². The van der Waals surface area contributed by atoms with Crippen LogP contribution in [0.25, 0.3) is 10.8 Å². The number of hydrogen-bond donors (Lipinski definition) is 1. The molecule has 2 heterocycles. The van der Waals surface area contributed by atoms with Crippen LogP contribution in [0.2, 0.25) is 0 Å². The molecule has 1 N–H and O–H groups in total. The van der Waals surface area contributed by atoms with Gasteiger partial charge in [0, 0.05) is 15.4 Å². The van der Waals surface area contributed by atoms with Gasteiger partial charge in [-0.3, -0.25) is 19.2 Å². The van der Waals surface area contributed by atoms with E-state index in [1.54, 1.807) is 18.2 Å². The lowest BCUT2D eigenvalue weighted by Crippen LogP contribution is -2.55. The first-order chi connectivity index (χ1) is 10.9. The Hall–Kier alpha value is -1.93. The van der Waals surface area contributed by atoms with Gasteiger partial charge in [-0.05, 0) is 30.0 Å². The highest BCUT2D eigenvalue weighted by Crippen LogP contribution is 2.41. The van der Waals surface area contributed by atoms with Crippen LogP contribution in [0.1, 0.15) is 16.8 Å². The third-order valence-corrected chi connectivity index (χ3v) is 6.18. The van der Waals surface area contributed by atoms with E-state index in [-0.39, 0.29) is 18.1 Å². The third-order valence-electron chi connectivity index (χ3n) is 4.20. The zero-order valence-electron chi connectivity index (χ0n) is 11.7. The lowest BCUT2D eigenvalue weighted by molar-refractivity contribution is -0.120. The number of carbonyl (C=O) groups excluding carboxylic acids is 2. The van der Waals surface area contributed by atoms with Crippen LogP contribution in [-0.4, -0.2) is 32.0 Å². The predicted molar refractivity (Wildman–Crippen MR) is 88.8 cm³/mol. The molecule has 0 radical (unpaired) electrons. The fourth-order valence-corrected chi connectivity index (χ4v) is 4.74. The fraction of sp³-hybridized carbons (Fsp3) is 0.200. The Morgan fingerprint density at radius 1 is 1.17 bits per heavy atom. The van der Waals surface area contributed by atoms with Crippen molar-refractivity contribution < 1.29 is 18.0 Å². The number of hydrogen-bond acceptors (Lipinski definition) is 4. The highest BCUT2D eigenvalue weighted by Gasteiger charge is 2.42. The molecule has 0 saturated carbocycles. The molecular weight excluding hydrogens is 384 g/mol. The minimum absolute atomic E-state index is 0.0887. The maximum atomic E-state index is 12.8. The molecule has 2 aromatic rings. The monoisotopic (exact) mass is 394 g/mol. The Balaban J connectivity index is 1.87. The summed E-state index contributed by atoms with van der Waals surface area (Å²) in [5.74, 6) is -1.11. The summed E-state index contributed by atoms with van der Waals surface area (Å²) in [6.07, 6.45) is 0.0887. The normalized spacial score (nSPS) is 22.5. The highest BCUT2D eigenvalue weighted by atomic mass is 79.9. The molecule has 23 heavy (non-hydrogen) atoms. The first-order valence-corrected chi connectivity index (χ1v) is 9.43. The summed E-state index contributed by atoms with van der Waals surface area (Å²) in [5, 5.41) is 1.67. The van der Waals surface area contributed by atoms with Crippen molar-refractivity contribution in [2.75, 3.05) is 10.7 Å². The van der Waals surface area contributed by atoms with Gasteiger partial charge in [0.25, 0.3) is 11.8 Å². The van der Waals surface area contributed by atoms with Gasteiger partial charge in [-0.1, -0.05) is 28.1 Å². The van der Waals surface area contributed by atoms with Gasteiger partial charge >= 0.3 is 0 Å². The van der Waals surface area contributed by atoms with Crippen LogP contribution in [0.15, 0.2) is 34.8 Å². The predicted octanol–water partition coefficient (Wildman–Crippen LogP) is 1.78. The van der Waals surface area contributed by atoms with Crippen molar-refractivity contribution >= 4 is 54.2 Å². The van der Waals surface area contributed by atoms with E-state index >= 15 is 0 Å².